The minimum atomic E-state index is -2.26. The molecular formula is C115H100O31. The summed E-state index contributed by atoms with van der Waals surface area (Å²) in [5.41, 5.74) is 1.57. The van der Waals surface area contributed by atoms with E-state index in [-0.39, 0.29) is 75.5 Å². The Balaban J connectivity index is 0.806. The molecule has 0 spiro atoms. The van der Waals surface area contributed by atoms with Crippen molar-refractivity contribution in [2.45, 2.75) is 143 Å². The maximum atomic E-state index is 15.5. The van der Waals surface area contributed by atoms with E-state index in [2.05, 4.69) is 0 Å². The van der Waals surface area contributed by atoms with Gasteiger partial charge in [-0.1, -0.05) is 273 Å². The molecule has 31 heteroatoms. The van der Waals surface area contributed by atoms with Crippen LogP contribution in [0.4, 0.5) is 0 Å². The molecule has 20 atom stereocenters. The van der Waals surface area contributed by atoms with Crippen LogP contribution < -0.4 is 0 Å². The molecule has 4 fully saturated rings. The summed E-state index contributed by atoms with van der Waals surface area (Å²) in [6.07, 6.45) is -38.0. The molecule has 13 aromatic rings. The smallest absolute Gasteiger partial charge is 0.338 e. The van der Waals surface area contributed by atoms with E-state index in [0.717, 1.165) is 11.1 Å². The van der Waals surface area contributed by atoms with Gasteiger partial charge in [0.1, 0.15) is 49.3 Å². The van der Waals surface area contributed by atoms with E-state index in [1.807, 2.05) is 91.0 Å². The van der Waals surface area contributed by atoms with E-state index in [4.69, 9.17) is 94.7 Å². The van der Waals surface area contributed by atoms with Crippen LogP contribution >= 0.6 is 0 Å². The molecule has 13 aromatic carbocycles. The summed E-state index contributed by atoms with van der Waals surface area (Å²) in [6, 6.07) is 103. The fraction of sp³-hybridized carbons (Fsp3) is 0.235. The van der Waals surface area contributed by atoms with Crippen molar-refractivity contribution in [3.63, 3.8) is 0 Å². The van der Waals surface area contributed by atoms with Gasteiger partial charge in [0.05, 0.1) is 95.3 Å². The normalized spacial score (nSPS) is 23.6. The first-order chi connectivity index (χ1) is 71.5. The first-order valence-electron chi connectivity index (χ1n) is 47.1. The Morgan fingerprint density at radius 2 is 0.356 bits per heavy atom. The van der Waals surface area contributed by atoms with E-state index < -0.39 is 209 Å². The van der Waals surface area contributed by atoms with Crippen molar-refractivity contribution in [1.29, 1.82) is 0 Å². The molecule has 1 N–H and O–H groups in total. The second kappa shape index (κ2) is 50.4. The number of carbonyl (C=O) groups excluding carboxylic acids is 10. The van der Waals surface area contributed by atoms with Crippen LogP contribution in [0.25, 0.3) is 0 Å². The quantitative estimate of drug-likeness (QED) is 0.0276. The van der Waals surface area contributed by atoms with E-state index in [1.165, 1.54) is 170 Å². The highest BCUT2D eigenvalue weighted by Crippen LogP contribution is 2.40. The predicted molar refractivity (Wildman–Crippen MR) is 517 cm³/mol. The summed E-state index contributed by atoms with van der Waals surface area (Å²) in [6.45, 7) is -3.81. The molecule has 17 rings (SSSR count). The van der Waals surface area contributed by atoms with Gasteiger partial charge in [0.15, 0.2) is 80.1 Å². The number of benzene rings is 13. The van der Waals surface area contributed by atoms with Gasteiger partial charge in [0, 0.05) is 0 Å². The van der Waals surface area contributed by atoms with Crippen molar-refractivity contribution in [3.05, 3.63) is 467 Å². The van der Waals surface area contributed by atoms with Crippen LogP contribution in [-0.4, -0.2) is 214 Å². The maximum absolute atomic E-state index is 15.5. The molecule has 0 amide bonds. The summed E-state index contributed by atoms with van der Waals surface area (Å²) < 4.78 is 135. The molecule has 4 saturated heterocycles. The fourth-order valence-electron chi connectivity index (χ4n) is 16.8. The molecule has 146 heavy (non-hydrogen) atoms. The number of aliphatic hydroxyl groups excluding tert-OH is 1. The lowest BCUT2D eigenvalue weighted by Crippen LogP contribution is -2.66. The van der Waals surface area contributed by atoms with E-state index in [1.54, 1.807) is 133 Å². The molecule has 4 aliphatic rings. The summed E-state index contributed by atoms with van der Waals surface area (Å²) in [5, 5.41) is 12.6. The van der Waals surface area contributed by atoms with E-state index in [9.17, 15) is 14.7 Å². The lowest BCUT2D eigenvalue weighted by Gasteiger charge is -2.48. The van der Waals surface area contributed by atoms with Gasteiger partial charge in [-0.25, -0.2) is 47.9 Å². The highest BCUT2D eigenvalue weighted by atomic mass is 16.8. The molecule has 31 nitrogen and oxygen atoms in total. The minimum absolute atomic E-state index is 0.0225. The number of hydrogen-bond donors (Lipinski definition) is 1. The second-order valence-corrected chi connectivity index (χ2v) is 34.1. The van der Waals surface area contributed by atoms with Gasteiger partial charge in [-0.3, -0.25) is 0 Å². The van der Waals surface area contributed by atoms with Crippen LogP contribution in [0.15, 0.2) is 394 Å². The van der Waals surface area contributed by atoms with Crippen LogP contribution in [0.2, 0.25) is 0 Å². The molecule has 0 aliphatic carbocycles. The Labute approximate surface area is 838 Å². The Kier molecular flexibility index (Phi) is 35.1. The Morgan fingerprint density at radius 1 is 0.178 bits per heavy atom. The molecular weight excluding hydrogens is 1880 g/mol. The van der Waals surface area contributed by atoms with Crippen LogP contribution in [0, 0.1) is 0 Å². The molecule has 4 heterocycles. The molecule has 0 unspecified atom stereocenters. The third kappa shape index (κ3) is 26.6. The maximum Gasteiger partial charge on any atom is 0.338 e. The molecule has 0 saturated carbocycles. The Hall–Kier alpha value is -15.9. The highest BCUT2D eigenvalue weighted by Gasteiger charge is 2.60. The van der Waals surface area contributed by atoms with Crippen LogP contribution in [0.5, 0.6) is 0 Å². The molecule has 0 radical (unpaired) electrons. The van der Waals surface area contributed by atoms with E-state index in [0.29, 0.717) is 5.56 Å². The van der Waals surface area contributed by atoms with Crippen molar-refractivity contribution < 1.29 is 148 Å². The van der Waals surface area contributed by atoms with Crippen molar-refractivity contribution in [2.75, 3.05) is 26.4 Å². The van der Waals surface area contributed by atoms with Crippen molar-refractivity contribution in [3.8, 4) is 0 Å². The van der Waals surface area contributed by atoms with Crippen LogP contribution in [-0.2, 0) is 115 Å². The zero-order chi connectivity index (χ0) is 101. The number of ether oxygens (including phenoxy) is 20. The number of hydrogen-bond acceptors (Lipinski definition) is 31. The number of carbonyl (C=O) groups is 10. The number of aliphatic hydroxyl groups is 1. The first-order valence-corrected chi connectivity index (χ1v) is 47.1. The van der Waals surface area contributed by atoms with Gasteiger partial charge in [-0.05, 0) is 138 Å². The van der Waals surface area contributed by atoms with Gasteiger partial charge < -0.3 is 99.8 Å². The van der Waals surface area contributed by atoms with Crippen LogP contribution in [0.3, 0.4) is 0 Å². The average Bonchev–Trinajstić information content (AvgIpc) is 0.782. The Morgan fingerprint density at radius 3 is 0.589 bits per heavy atom. The Bertz CT molecular complexity index is 6430. The van der Waals surface area contributed by atoms with Crippen LogP contribution in [0.1, 0.15) is 120 Å². The largest absolute Gasteiger partial charge is 0.459 e. The number of esters is 10. The molecule has 0 bridgehead atoms. The summed E-state index contributed by atoms with van der Waals surface area (Å²) in [7, 11) is 0. The lowest BCUT2D eigenvalue weighted by atomic mass is 9.96. The standard InChI is InChI=1S/C115H100O31/c116-102(76-46-20-4-21-47-76)130-69-87-91(138-103(117)77-48-22-5-23-49-77)95(141-106(120)80-54-28-8-29-55-80)99(144-109(123)83-60-34-11-35-61-83)114(135-87)132-71-89-93(140-105(119)79-52-26-7-27-53-79)97(143-108(122)82-58-32-10-33-59-82)101(146-111(125)85-64-38-13-39-65-85)115(137-89)133-72-88-92(139-104(118)78-50-24-6-25-51-78)96(142-107(121)81-56-30-9-31-57-81)100(145-110(124)84-62-36-12-37-63-84)113(136-88)131-70-86-90(127-66-73-40-14-1-15-41-73)94(128-67-74-42-16-2-17-43-74)98(112(126)134-86)129-68-75-44-18-3-19-45-75/h1-65,86-101,112-115,126H,66-72H2/t86-,87-,88-,89-,90-,91-,92-,93+,94+,95+,96+,97+,98-,99-,100-,101-,112+,113-,114-,115-/m1/s1. The van der Waals surface area contributed by atoms with Gasteiger partial charge in [-0.15, -0.1) is 0 Å². The van der Waals surface area contributed by atoms with Gasteiger partial charge in [0.25, 0.3) is 0 Å². The minimum Gasteiger partial charge on any atom is -0.459 e. The molecule has 746 valence electrons. The third-order valence-electron chi connectivity index (χ3n) is 24.2. The summed E-state index contributed by atoms with van der Waals surface area (Å²) in [4.78, 5) is 152. The summed E-state index contributed by atoms with van der Waals surface area (Å²) in [5.74, 6) is -10.7. The zero-order valence-electron chi connectivity index (χ0n) is 78.2. The van der Waals surface area contributed by atoms with Crippen molar-refractivity contribution in [1.82, 2.24) is 0 Å². The second-order valence-electron chi connectivity index (χ2n) is 34.1. The average molecular weight is 1980 g/mol. The van der Waals surface area contributed by atoms with Gasteiger partial charge >= 0.3 is 59.7 Å². The first kappa shape index (κ1) is 102. The molecule has 4 aliphatic heterocycles. The lowest BCUT2D eigenvalue weighted by molar-refractivity contribution is -0.347. The topological polar surface area (TPSA) is 376 Å². The predicted octanol–water partition coefficient (Wildman–Crippen LogP) is 15.6. The third-order valence-corrected chi connectivity index (χ3v) is 24.2. The fourth-order valence-corrected chi connectivity index (χ4v) is 16.8. The van der Waals surface area contributed by atoms with E-state index >= 15 is 38.4 Å². The molecule has 0 aromatic heterocycles. The van der Waals surface area contributed by atoms with Crippen molar-refractivity contribution in [2.24, 2.45) is 0 Å². The van der Waals surface area contributed by atoms with Gasteiger partial charge in [-0.2, -0.15) is 0 Å². The number of rotatable bonds is 39. The van der Waals surface area contributed by atoms with Gasteiger partial charge in [0.2, 0.25) is 0 Å². The summed E-state index contributed by atoms with van der Waals surface area (Å²) >= 11 is 0. The zero-order valence-corrected chi connectivity index (χ0v) is 78.2. The highest BCUT2D eigenvalue weighted by molar-refractivity contribution is 5.95. The monoisotopic (exact) mass is 1980 g/mol. The SMILES string of the molecule is O=C(OC[C@H]1O[C@@H](OC[C@H]2O[C@@H](OC[C@H]3O[C@@H](OC[C@H]4O[C@H](O)[C@H](OCc5ccccc5)[C@@H](OCc5ccccc5)[C@@H]4OCc4ccccc4)[C@H](OC(=O)c4ccccc4)[C@@H](OC(=O)c4ccccc4)[C@@H]3OC(=O)c3ccccc3)[C@H](OC(=O)c3ccccc3)[C@@H](OC(=O)c3ccccc3)[C@H]2OC(=O)c2ccccc2)[C@H](OC(=O)c2ccccc2)[C@@H](OC(=O)c2ccccc2)[C@@H]1OC(=O)c1ccccc1)c1ccccc1. The van der Waals surface area contributed by atoms with Crippen molar-refractivity contribution >= 4 is 59.7 Å².